The molecule has 1 aromatic carbocycles. The van der Waals surface area contributed by atoms with E-state index in [1.54, 1.807) is 0 Å². The van der Waals surface area contributed by atoms with Crippen molar-refractivity contribution in [3.63, 3.8) is 0 Å². The van der Waals surface area contributed by atoms with Gasteiger partial charge in [0.05, 0.1) is 16.3 Å². The van der Waals surface area contributed by atoms with Gasteiger partial charge in [0, 0.05) is 30.3 Å². The minimum absolute atomic E-state index is 0.0195. The summed E-state index contributed by atoms with van der Waals surface area (Å²) in [5.41, 5.74) is -2.31. The Morgan fingerprint density at radius 1 is 1.28 bits per heavy atom. The summed E-state index contributed by atoms with van der Waals surface area (Å²) < 4.78 is 39.3. The molecule has 2 saturated carbocycles. The molecule has 2 fully saturated rings. The predicted molar refractivity (Wildman–Crippen MR) is 127 cm³/mol. The highest BCUT2D eigenvalue weighted by atomic mass is 35.5. The molecule has 12 heteroatoms. The lowest BCUT2D eigenvalue weighted by molar-refractivity contribution is 0.0720. The number of nitrogens with one attached hydrogen (secondary N) is 1. The number of pyridine rings is 1. The molecule has 0 radical (unpaired) electrons. The lowest BCUT2D eigenvalue weighted by Gasteiger charge is -2.37. The Balaban J connectivity index is 1.45. The first-order valence-electron chi connectivity index (χ1n) is 11.6. The average molecular weight is 536 g/mol. The van der Waals surface area contributed by atoms with Gasteiger partial charge in [-0.1, -0.05) is 17.7 Å². The number of hydrogen-bond acceptors (Lipinski definition) is 6. The summed E-state index contributed by atoms with van der Waals surface area (Å²) in [5.74, 6) is -2.64. The monoisotopic (exact) mass is 535 g/mol. The minimum atomic E-state index is -3.42. The Kier molecular flexibility index (Phi) is 4.77. The summed E-state index contributed by atoms with van der Waals surface area (Å²) in [5, 5.41) is 13.8. The van der Waals surface area contributed by atoms with Gasteiger partial charge in [0.25, 0.3) is 17.4 Å². The molecule has 2 aliphatic heterocycles. The summed E-state index contributed by atoms with van der Waals surface area (Å²) >= 11 is 5.86. The van der Waals surface area contributed by atoms with Crippen molar-refractivity contribution in [2.24, 2.45) is 11.3 Å². The van der Waals surface area contributed by atoms with Gasteiger partial charge in [0.15, 0.2) is 5.75 Å². The third-order valence-corrected chi connectivity index (χ3v) is 9.62. The molecule has 190 valence electrons. The van der Waals surface area contributed by atoms with E-state index < -0.39 is 49.9 Å². The molecule has 6 rings (SSSR count). The van der Waals surface area contributed by atoms with Crippen LogP contribution in [0.3, 0.4) is 0 Å². The Bertz CT molecular complexity index is 1560. The lowest BCUT2D eigenvalue weighted by Crippen LogP contribution is -2.54. The first-order chi connectivity index (χ1) is 16.9. The van der Waals surface area contributed by atoms with Gasteiger partial charge in [-0.05, 0) is 49.3 Å². The number of fused-ring (bicyclic) bond motifs is 6. The van der Waals surface area contributed by atoms with Crippen molar-refractivity contribution < 1.29 is 27.5 Å². The second kappa shape index (κ2) is 7.32. The van der Waals surface area contributed by atoms with Crippen LogP contribution in [0.5, 0.6) is 5.75 Å². The van der Waals surface area contributed by atoms with E-state index >= 15 is 0 Å². The summed E-state index contributed by atoms with van der Waals surface area (Å²) in [4.78, 5) is 41.6. The van der Waals surface area contributed by atoms with E-state index in [9.17, 15) is 32.3 Å². The number of rotatable bonds is 4. The fraction of sp³-hybridized carbons (Fsp3) is 0.458. The van der Waals surface area contributed by atoms with Gasteiger partial charge in [-0.15, -0.1) is 0 Å². The third kappa shape index (κ3) is 3.05. The van der Waals surface area contributed by atoms with E-state index in [0.717, 1.165) is 6.26 Å². The zero-order valence-electron chi connectivity index (χ0n) is 19.3. The van der Waals surface area contributed by atoms with Gasteiger partial charge in [0.2, 0.25) is 0 Å². The zero-order chi connectivity index (χ0) is 25.8. The molecule has 0 bridgehead atoms. The number of aromatic hydroxyl groups is 1. The number of aromatic nitrogens is 1. The molecule has 9 nitrogen and oxygen atoms in total. The molecular formula is C24H23ClFN3O6S. The standard InChI is InChI=1S/C24H23ClFN3O6S/c1-36(34,35)11-23-9-13(23)4-6-24(23)27-20(31)18-14-5-7-28(10-12-2-3-16(26)15(25)8-12)21(32)17(14)19(30)22(33)29(18)24/h2-3,8,13,30H,4-7,9-11H2,1H3,(H,27,31). The van der Waals surface area contributed by atoms with Crippen LogP contribution in [0.2, 0.25) is 5.02 Å². The molecule has 2 amide bonds. The fourth-order valence-electron chi connectivity index (χ4n) is 6.79. The molecule has 3 atom stereocenters. The third-order valence-electron chi connectivity index (χ3n) is 8.29. The molecule has 4 aliphatic rings. The maximum Gasteiger partial charge on any atom is 0.296 e. The molecule has 2 aliphatic carbocycles. The zero-order valence-corrected chi connectivity index (χ0v) is 20.9. The second-order valence-electron chi connectivity index (χ2n) is 10.4. The van der Waals surface area contributed by atoms with Crippen LogP contribution in [0.15, 0.2) is 23.0 Å². The van der Waals surface area contributed by atoms with Crippen LogP contribution >= 0.6 is 11.6 Å². The van der Waals surface area contributed by atoms with Gasteiger partial charge in [-0.25, -0.2) is 12.8 Å². The van der Waals surface area contributed by atoms with Crippen molar-refractivity contribution in [2.45, 2.75) is 37.9 Å². The Morgan fingerprint density at radius 3 is 2.69 bits per heavy atom. The van der Waals surface area contributed by atoms with Crippen molar-refractivity contribution in [3.05, 3.63) is 61.8 Å². The number of halogens is 2. The topological polar surface area (TPSA) is 126 Å². The molecule has 2 N–H and O–H groups in total. The summed E-state index contributed by atoms with van der Waals surface area (Å²) in [6.07, 6.45) is 2.90. The van der Waals surface area contributed by atoms with E-state index in [1.807, 2.05) is 0 Å². The molecule has 1 spiro atoms. The average Bonchev–Trinajstić information content (AvgIpc) is 3.30. The van der Waals surface area contributed by atoms with E-state index in [4.69, 9.17) is 11.6 Å². The van der Waals surface area contributed by atoms with Crippen molar-refractivity contribution in [3.8, 4) is 5.75 Å². The highest BCUT2D eigenvalue weighted by Gasteiger charge is 2.75. The molecule has 3 heterocycles. The van der Waals surface area contributed by atoms with Gasteiger partial charge in [-0.2, -0.15) is 0 Å². The Labute approximate surface area is 210 Å². The molecule has 1 aromatic heterocycles. The highest BCUT2D eigenvalue weighted by molar-refractivity contribution is 7.90. The molecule has 36 heavy (non-hydrogen) atoms. The van der Waals surface area contributed by atoms with Gasteiger partial charge in [0.1, 0.15) is 27.0 Å². The summed E-state index contributed by atoms with van der Waals surface area (Å²) in [6, 6.07) is 4.09. The first kappa shape index (κ1) is 23.5. The van der Waals surface area contributed by atoms with Crippen LogP contribution in [0, 0.1) is 17.2 Å². The van der Waals surface area contributed by atoms with Crippen molar-refractivity contribution in [1.29, 1.82) is 0 Å². The van der Waals surface area contributed by atoms with E-state index in [1.165, 1.54) is 27.7 Å². The minimum Gasteiger partial charge on any atom is -0.502 e. The number of carbonyl (C=O) groups excluding carboxylic acids is 2. The smallest absolute Gasteiger partial charge is 0.296 e. The fourth-order valence-corrected chi connectivity index (χ4v) is 8.52. The normalized spacial score (nSPS) is 28.2. The largest absolute Gasteiger partial charge is 0.502 e. The van der Waals surface area contributed by atoms with Crippen molar-refractivity contribution in [1.82, 2.24) is 14.8 Å². The number of carbonyl (C=O) groups is 2. The summed E-state index contributed by atoms with van der Waals surface area (Å²) in [7, 11) is -3.42. The number of sulfone groups is 1. The van der Waals surface area contributed by atoms with Crippen molar-refractivity contribution in [2.75, 3.05) is 18.6 Å². The van der Waals surface area contributed by atoms with E-state index in [2.05, 4.69) is 5.32 Å². The van der Waals surface area contributed by atoms with E-state index in [-0.39, 0.29) is 53.0 Å². The van der Waals surface area contributed by atoms with Crippen LogP contribution < -0.4 is 10.9 Å². The molecule has 0 saturated heterocycles. The quantitative estimate of drug-likeness (QED) is 0.615. The highest BCUT2D eigenvalue weighted by Crippen LogP contribution is 2.71. The van der Waals surface area contributed by atoms with Crippen LogP contribution in [-0.2, 0) is 28.5 Å². The number of benzene rings is 1. The first-order valence-corrected chi connectivity index (χ1v) is 14.1. The van der Waals surface area contributed by atoms with Crippen molar-refractivity contribution >= 4 is 33.3 Å². The van der Waals surface area contributed by atoms with Gasteiger partial charge in [-0.3, -0.25) is 19.0 Å². The number of amides is 2. The van der Waals surface area contributed by atoms with Crippen LogP contribution in [0.25, 0.3) is 0 Å². The lowest BCUT2D eigenvalue weighted by atomic mass is 9.90. The molecule has 3 unspecified atom stereocenters. The molecular weight excluding hydrogens is 513 g/mol. The number of hydrogen-bond donors (Lipinski definition) is 2. The van der Waals surface area contributed by atoms with Gasteiger partial charge < -0.3 is 15.3 Å². The SMILES string of the molecule is CS(=O)(=O)CC12CC1CCC21NC(=O)c2c3c(c(O)c(=O)n21)C(=O)N(Cc1ccc(F)c(Cl)c1)CC3. The Morgan fingerprint density at radius 2 is 2.03 bits per heavy atom. The molecule has 2 aromatic rings. The number of nitrogens with zero attached hydrogens (tertiary/aromatic N) is 2. The maximum atomic E-state index is 13.5. The van der Waals surface area contributed by atoms with Crippen LogP contribution in [0.1, 0.15) is 51.2 Å². The second-order valence-corrected chi connectivity index (χ2v) is 12.9. The summed E-state index contributed by atoms with van der Waals surface area (Å²) in [6.45, 7) is 0.272. The maximum absolute atomic E-state index is 13.5. The van der Waals surface area contributed by atoms with Crippen LogP contribution in [0.4, 0.5) is 4.39 Å². The van der Waals surface area contributed by atoms with Crippen LogP contribution in [-0.4, -0.2) is 53.4 Å². The van der Waals surface area contributed by atoms with E-state index in [0.29, 0.717) is 24.8 Å². The predicted octanol–water partition coefficient (Wildman–Crippen LogP) is 1.79. The Hall–Kier alpha value is -2.92. The van der Waals surface area contributed by atoms with Gasteiger partial charge >= 0.3 is 0 Å².